The highest BCUT2D eigenvalue weighted by atomic mass is 16.4. The fourth-order valence-electron chi connectivity index (χ4n) is 2.12. The molecule has 3 heteroatoms. The predicted octanol–water partition coefficient (Wildman–Crippen LogP) is 3.75. The van der Waals surface area contributed by atoms with Crippen molar-refractivity contribution in [1.29, 1.82) is 0 Å². The summed E-state index contributed by atoms with van der Waals surface area (Å²) in [4.78, 5) is 11.2. The van der Waals surface area contributed by atoms with Gasteiger partial charge in [-0.1, -0.05) is 52.8 Å². The molecule has 106 valence electrons. The number of hydrogen-bond acceptors (Lipinski definition) is 2. The third-order valence-electron chi connectivity index (χ3n) is 3.37. The van der Waals surface area contributed by atoms with Crippen molar-refractivity contribution in [2.45, 2.75) is 40.0 Å². The first-order chi connectivity index (χ1) is 8.73. The third-order valence-corrected chi connectivity index (χ3v) is 3.37. The first-order valence-corrected chi connectivity index (χ1v) is 6.79. The summed E-state index contributed by atoms with van der Waals surface area (Å²) in [5.41, 5.74) is 2.28. The quantitative estimate of drug-likeness (QED) is 0.850. The van der Waals surface area contributed by atoms with Crippen LogP contribution in [0.15, 0.2) is 24.3 Å². The molecule has 2 N–H and O–H groups in total. The number of para-hydroxylation sites is 1. The van der Waals surface area contributed by atoms with Gasteiger partial charge in [0, 0.05) is 12.2 Å². The van der Waals surface area contributed by atoms with Gasteiger partial charge in [-0.15, -0.1) is 0 Å². The molecule has 0 bridgehead atoms. The van der Waals surface area contributed by atoms with Crippen LogP contribution in [0, 0.1) is 11.8 Å². The normalized spacial score (nSPS) is 13.4. The second-order valence-corrected chi connectivity index (χ2v) is 6.37. The topological polar surface area (TPSA) is 49.3 Å². The van der Waals surface area contributed by atoms with E-state index in [0.29, 0.717) is 6.54 Å². The van der Waals surface area contributed by atoms with Crippen molar-refractivity contribution in [3.8, 4) is 0 Å². The van der Waals surface area contributed by atoms with Gasteiger partial charge in [-0.3, -0.25) is 4.79 Å². The molecule has 0 spiro atoms. The van der Waals surface area contributed by atoms with E-state index in [1.54, 1.807) is 0 Å². The second-order valence-electron chi connectivity index (χ2n) is 6.37. The minimum Gasteiger partial charge on any atom is -0.481 e. The van der Waals surface area contributed by atoms with Crippen molar-refractivity contribution in [2.24, 2.45) is 11.8 Å². The lowest BCUT2D eigenvalue weighted by atomic mass is 9.85. The number of rotatable bonds is 5. The van der Waals surface area contributed by atoms with Crippen LogP contribution in [0.1, 0.15) is 40.2 Å². The zero-order chi connectivity index (χ0) is 14.6. The molecule has 1 unspecified atom stereocenters. The molecule has 0 aliphatic heterocycles. The van der Waals surface area contributed by atoms with Crippen molar-refractivity contribution in [3.63, 3.8) is 0 Å². The Morgan fingerprint density at radius 1 is 1.26 bits per heavy atom. The Labute approximate surface area is 116 Å². The minimum absolute atomic E-state index is 0.0418. The van der Waals surface area contributed by atoms with E-state index in [-0.39, 0.29) is 17.3 Å². The molecule has 0 aliphatic carbocycles. The van der Waals surface area contributed by atoms with Gasteiger partial charge in [0.15, 0.2) is 0 Å². The number of nitrogens with one attached hydrogen (secondary N) is 1. The van der Waals surface area contributed by atoms with E-state index in [0.717, 1.165) is 5.69 Å². The maximum atomic E-state index is 11.2. The maximum absolute atomic E-state index is 11.2. The van der Waals surface area contributed by atoms with Gasteiger partial charge >= 0.3 is 5.97 Å². The minimum atomic E-state index is -0.740. The summed E-state index contributed by atoms with van der Waals surface area (Å²) in [6, 6.07) is 8.10. The molecule has 1 rings (SSSR count). The fraction of sp³-hybridized carbons (Fsp3) is 0.562. The van der Waals surface area contributed by atoms with Gasteiger partial charge < -0.3 is 10.4 Å². The average Bonchev–Trinajstić information content (AvgIpc) is 2.27. The summed E-state index contributed by atoms with van der Waals surface area (Å²) < 4.78 is 0. The lowest BCUT2D eigenvalue weighted by Gasteiger charge is -2.25. The molecule has 1 aromatic carbocycles. The number of benzene rings is 1. The Bertz CT molecular complexity index is 433. The Morgan fingerprint density at radius 3 is 2.32 bits per heavy atom. The monoisotopic (exact) mass is 263 g/mol. The zero-order valence-corrected chi connectivity index (χ0v) is 12.5. The van der Waals surface area contributed by atoms with E-state index < -0.39 is 5.97 Å². The summed E-state index contributed by atoms with van der Waals surface area (Å²) in [7, 11) is 0. The van der Waals surface area contributed by atoms with E-state index in [2.05, 4.69) is 32.2 Å². The SMILES string of the molecule is CC(C)C(CNc1ccccc1C(C)(C)C)C(=O)O. The zero-order valence-electron chi connectivity index (χ0n) is 12.5. The van der Waals surface area contributed by atoms with Gasteiger partial charge in [0.2, 0.25) is 0 Å². The summed E-state index contributed by atoms with van der Waals surface area (Å²) in [5, 5.41) is 12.5. The first kappa shape index (κ1) is 15.5. The van der Waals surface area contributed by atoms with Gasteiger partial charge in [-0.05, 0) is 23.0 Å². The van der Waals surface area contributed by atoms with Crippen LogP contribution in [-0.4, -0.2) is 17.6 Å². The van der Waals surface area contributed by atoms with Crippen LogP contribution in [0.4, 0.5) is 5.69 Å². The van der Waals surface area contributed by atoms with Gasteiger partial charge in [0.05, 0.1) is 5.92 Å². The molecule has 1 aromatic rings. The van der Waals surface area contributed by atoms with Gasteiger partial charge in [0.25, 0.3) is 0 Å². The molecule has 0 saturated carbocycles. The Balaban J connectivity index is 2.86. The number of carboxylic acid groups (broad SMARTS) is 1. The number of carbonyl (C=O) groups is 1. The van der Waals surface area contributed by atoms with Crippen molar-refractivity contribution in [2.75, 3.05) is 11.9 Å². The van der Waals surface area contributed by atoms with E-state index in [9.17, 15) is 9.90 Å². The molecule has 0 saturated heterocycles. The van der Waals surface area contributed by atoms with E-state index in [1.807, 2.05) is 32.0 Å². The largest absolute Gasteiger partial charge is 0.481 e. The average molecular weight is 263 g/mol. The van der Waals surface area contributed by atoms with Crippen molar-refractivity contribution in [3.05, 3.63) is 29.8 Å². The summed E-state index contributed by atoms with van der Waals surface area (Å²) in [5.74, 6) is -0.990. The van der Waals surface area contributed by atoms with Crippen LogP contribution < -0.4 is 5.32 Å². The third kappa shape index (κ3) is 4.27. The van der Waals surface area contributed by atoms with Crippen LogP contribution in [0.5, 0.6) is 0 Å². The highest BCUT2D eigenvalue weighted by molar-refractivity contribution is 5.71. The van der Waals surface area contributed by atoms with Crippen molar-refractivity contribution < 1.29 is 9.90 Å². The molecular weight excluding hydrogens is 238 g/mol. The number of anilines is 1. The molecule has 1 atom stereocenters. The predicted molar refractivity (Wildman–Crippen MR) is 79.6 cm³/mol. The van der Waals surface area contributed by atoms with Gasteiger partial charge in [-0.25, -0.2) is 0 Å². The molecule has 19 heavy (non-hydrogen) atoms. The van der Waals surface area contributed by atoms with Crippen molar-refractivity contribution >= 4 is 11.7 Å². The molecule has 0 aromatic heterocycles. The molecular formula is C16H25NO2. The van der Waals surface area contributed by atoms with Gasteiger partial charge in [-0.2, -0.15) is 0 Å². The van der Waals surface area contributed by atoms with E-state index in [4.69, 9.17) is 0 Å². The van der Waals surface area contributed by atoms with E-state index in [1.165, 1.54) is 5.56 Å². The second kappa shape index (κ2) is 6.09. The van der Waals surface area contributed by atoms with Crippen LogP contribution in [-0.2, 0) is 10.2 Å². The maximum Gasteiger partial charge on any atom is 0.308 e. The fourth-order valence-corrected chi connectivity index (χ4v) is 2.12. The Morgan fingerprint density at radius 2 is 1.84 bits per heavy atom. The summed E-state index contributed by atoms with van der Waals surface area (Å²) in [6.07, 6.45) is 0. The summed E-state index contributed by atoms with van der Waals surface area (Å²) >= 11 is 0. The highest BCUT2D eigenvalue weighted by Crippen LogP contribution is 2.29. The summed E-state index contributed by atoms with van der Waals surface area (Å²) in [6.45, 7) is 10.8. The molecule has 0 radical (unpaired) electrons. The smallest absolute Gasteiger partial charge is 0.308 e. The molecule has 0 heterocycles. The van der Waals surface area contributed by atoms with Crippen LogP contribution in [0.25, 0.3) is 0 Å². The van der Waals surface area contributed by atoms with Crippen LogP contribution in [0.2, 0.25) is 0 Å². The first-order valence-electron chi connectivity index (χ1n) is 6.79. The lowest BCUT2D eigenvalue weighted by Crippen LogP contribution is -2.28. The number of hydrogen-bond donors (Lipinski definition) is 2. The van der Waals surface area contributed by atoms with E-state index >= 15 is 0 Å². The van der Waals surface area contributed by atoms with Crippen molar-refractivity contribution in [1.82, 2.24) is 0 Å². The Hall–Kier alpha value is -1.51. The highest BCUT2D eigenvalue weighted by Gasteiger charge is 2.22. The standard InChI is InChI=1S/C16H25NO2/c1-11(2)12(15(18)19)10-17-14-9-7-6-8-13(14)16(3,4)5/h6-9,11-12,17H,10H2,1-5H3,(H,18,19). The van der Waals surface area contributed by atoms with Crippen LogP contribution >= 0.6 is 0 Å². The van der Waals surface area contributed by atoms with Gasteiger partial charge in [0.1, 0.15) is 0 Å². The van der Waals surface area contributed by atoms with Crippen LogP contribution in [0.3, 0.4) is 0 Å². The molecule has 3 nitrogen and oxygen atoms in total. The molecule has 0 fully saturated rings. The number of carboxylic acids is 1. The Kier molecular flexibility index (Phi) is 4.98. The molecule has 0 aliphatic rings. The molecule has 0 amide bonds. The lowest BCUT2D eigenvalue weighted by molar-refractivity contribution is -0.142. The number of aliphatic carboxylic acids is 1.